The highest BCUT2D eigenvalue weighted by Gasteiger charge is 2.32. The van der Waals surface area contributed by atoms with Crippen molar-refractivity contribution in [2.45, 2.75) is 37.5 Å². The lowest BCUT2D eigenvalue weighted by Crippen LogP contribution is -2.38. The highest BCUT2D eigenvalue weighted by Crippen LogP contribution is 2.31. The minimum Gasteiger partial charge on any atom is -0.497 e. The molecule has 3 aromatic rings. The van der Waals surface area contributed by atoms with Crippen molar-refractivity contribution >= 4 is 10.0 Å². The Kier molecular flexibility index (Phi) is 5.62. The summed E-state index contributed by atoms with van der Waals surface area (Å²) in [5, 5.41) is 4.14. The van der Waals surface area contributed by atoms with E-state index in [1.165, 1.54) is 0 Å². The van der Waals surface area contributed by atoms with Gasteiger partial charge < -0.3 is 9.26 Å². The van der Waals surface area contributed by atoms with Crippen molar-refractivity contribution in [3.63, 3.8) is 0 Å². The van der Waals surface area contributed by atoms with Crippen LogP contribution in [0.1, 0.15) is 35.7 Å². The maximum atomic E-state index is 13.0. The predicted molar refractivity (Wildman–Crippen MR) is 113 cm³/mol. The standard InChI is InChI=1S/C22H25N3O4S/c1-15-7-8-20(13-16(15)2)30(26,27)25-11-9-17(10-12-25)21-23-22(29-24-21)18-5-4-6-19(14-18)28-3/h4-8,13-14,17H,9-12H2,1-3H3. The highest BCUT2D eigenvalue weighted by atomic mass is 32.2. The van der Waals surface area contributed by atoms with Gasteiger partial charge in [-0.1, -0.05) is 17.3 Å². The van der Waals surface area contributed by atoms with Crippen LogP contribution < -0.4 is 4.74 Å². The van der Waals surface area contributed by atoms with Gasteiger partial charge in [-0.15, -0.1) is 0 Å². The molecular formula is C22H25N3O4S. The minimum absolute atomic E-state index is 0.0688. The van der Waals surface area contributed by atoms with E-state index >= 15 is 0 Å². The van der Waals surface area contributed by atoms with Gasteiger partial charge in [0.2, 0.25) is 10.0 Å². The number of benzene rings is 2. The Labute approximate surface area is 176 Å². The summed E-state index contributed by atoms with van der Waals surface area (Å²) in [5.74, 6) is 1.85. The van der Waals surface area contributed by atoms with Crippen molar-refractivity contribution in [2.75, 3.05) is 20.2 Å². The molecule has 0 atom stereocenters. The van der Waals surface area contributed by atoms with Crippen molar-refractivity contribution in [3.8, 4) is 17.2 Å². The Morgan fingerprint density at radius 2 is 1.83 bits per heavy atom. The summed E-state index contributed by atoms with van der Waals surface area (Å²) in [6, 6.07) is 12.7. The fraction of sp³-hybridized carbons (Fsp3) is 0.364. The van der Waals surface area contributed by atoms with Gasteiger partial charge in [-0.25, -0.2) is 8.42 Å². The smallest absolute Gasteiger partial charge is 0.258 e. The lowest BCUT2D eigenvalue weighted by Gasteiger charge is -2.29. The van der Waals surface area contributed by atoms with Gasteiger partial charge in [0.15, 0.2) is 5.82 Å². The third kappa shape index (κ3) is 3.97. The maximum absolute atomic E-state index is 13.0. The summed E-state index contributed by atoms with van der Waals surface area (Å²) < 4.78 is 38.3. The van der Waals surface area contributed by atoms with E-state index in [-0.39, 0.29) is 5.92 Å². The number of ether oxygens (including phenoxy) is 1. The second kappa shape index (κ2) is 8.20. The SMILES string of the molecule is COc1cccc(-c2nc(C3CCN(S(=O)(=O)c4ccc(C)c(C)c4)CC3)no2)c1. The van der Waals surface area contributed by atoms with Gasteiger partial charge >= 0.3 is 0 Å². The lowest BCUT2D eigenvalue weighted by atomic mass is 9.97. The molecule has 30 heavy (non-hydrogen) atoms. The molecule has 0 unspecified atom stereocenters. The molecule has 4 rings (SSSR count). The van der Waals surface area contributed by atoms with E-state index in [9.17, 15) is 8.42 Å². The van der Waals surface area contributed by atoms with Gasteiger partial charge in [0.25, 0.3) is 5.89 Å². The van der Waals surface area contributed by atoms with Crippen LogP contribution >= 0.6 is 0 Å². The van der Waals surface area contributed by atoms with E-state index in [0.717, 1.165) is 22.4 Å². The summed E-state index contributed by atoms with van der Waals surface area (Å²) in [7, 11) is -1.89. The van der Waals surface area contributed by atoms with Crippen molar-refractivity contribution < 1.29 is 17.7 Å². The number of piperidine rings is 1. The van der Waals surface area contributed by atoms with Gasteiger partial charge in [0, 0.05) is 24.6 Å². The molecule has 0 radical (unpaired) electrons. The number of nitrogens with zero attached hydrogens (tertiary/aromatic N) is 3. The number of rotatable bonds is 5. The first-order chi connectivity index (χ1) is 14.4. The summed E-state index contributed by atoms with van der Waals surface area (Å²) in [4.78, 5) is 4.90. The van der Waals surface area contributed by atoms with Crippen molar-refractivity contribution in [1.82, 2.24) is 14.4 Å². The third-order valence-electron chi connectivity index (χ3n) is 5.69. The Bertz CT molecular complexity index is 1150. The molecule has 0 saturated carbocycles. The van der Waals surface area contributed by atoms with E-state index in [0.29, 0.717) is 42.5 Å². The Morgan fingerprint density at radius 3 is 2.53 bits per heavy atom. The van der Waals surface area contributed by atoms with Crippen LogP contribution in [0.2, 0.25) is 0 Å². The molecule has 0 spiro atoms. The zero-order valence-electron chi connectivity index (χ0n) is 17.3. The highest BCUT2D eigenvalue weighted by molar-refractivity contribution is 7.89. The van der Waals surface area contributed by atoms with E-state index in [1.54, 1.807) is 23.5 Å². The molecule has 1 aliphatic rings. The van der Waals surface area contributed by atoms with Gasteiger partial charge in [-0.3, -0.25) is 0 Å². The summed E-state index contributed by atoms with van der Waals surface area (Å²) in [5.41, 5.74) is 2.85. The first-order valence-corrected chi connectivity index (χ1v) is 11.4. The van der Waals surface area contributed by atoms with Gasteiger partial charge in [-0.05, 0) is 68.1 Å². The van der Waals surface area contributed by atoms with Crippen molar-refractivity contribution in [2.24, 2.45) is 0 Å². The molecule has 2 heterocycles. The maximum Gasteiger partial charge on any atom is 0.258 e. The average Bonchev–Trinajstić information content (AvgIpc) is 3.26. The Balaban J connectivity index is 1.46. The molecule has 7 nitrogen and oxygen atoms in total. The zero-order chi connectivity index (χ0) is 21.3. The summed E-state index contributed by atoms with van der Waals surface area (Å²) in [6.45, 7) is 4.77. The summed E-state index contributed by atoms with van der Waals surface area (Å²) >= 11 is 0. The third-order valence-corrected chi connectivity index (χ3v) is 7.59. The van der Waals surface area contributed by atoms with Gasteiger partial charge in [0.1, 0.15) is 5.75 Å². The molecule has 1 aromatic heterocycles. The first kappa shape index (κ1) is 20.6. The largest absolute Gasteiger partial charge is 0.497 e. The van der Waals surface area contributed by atoms with E-state index in [2.05, 4.69) is 10.1 Å². The van der Waals surface area contributed by atoms with E-state index < -0.39 is 10.0 Å². The second-order valence-corrected chi connectivity index (χ2v) is 9.55. The average molecular weight is 428 g/mol. The lowest BCUT2D eigenvalue weighted by molar-refractivity contribution is 0.307. The van der Waals surface area contributed by atoms with Crippen LogP contribution in [0.15, 0.2) is 51.9 Å². The molecule has 1 aliphatic heterocycles. The second-order valence-electron chi connectivity index (χ2n) is 7.61. The number of methoxy groups -OCH3 is 1. The number of aromatic nitrogens is 2. The molecule has 0 N–H and O–H groups in total. The van der Waals surface area contributed by atoms with Crippen LogP contribution in [0.3, 0.4) is 0 Å². The fourth-order valence-corrected chi connectivity index (χ4v) is 5.21. The molecule has 0 amide bonds. The topological polar surface area (TPSA) is 85.5 Å². The zero-order valence-corrected chi connectivity index (χ0v) is 18.1. The number of aryl methyl sites for hydroxylation is 2. The minimum atomic E-state index is -3.50. The molecule has 8 heteroatoms. The quantitative estimate of drug-likeness (QED) is 0.613. The molecule has 158 valence electrons. The predicted octanol–water partition coefficient (Wildman–Crippen LogP) is 3.93. The van der Waals surface area contributed by atoms with Crippen LogP contribution in [0.5, 0.6) is 5.75 Å². The molecule has 0 aliphatic carbocycles. The van der Waals surface area contributed by atoms with E-state index in [1.807, 2.05) is 44.2 Å². The van der Waals surface area contributed by atoms with Gasteiger partial charge in [0.05, 0.1) is 12.0 Å². The van der Waals surface area contributed by atoms with Crippen LogP contribution in [0.25, 0.3) is 11.5 Å². The normalized spacial score (nSPS) is 16.0. The molecule has 0 bridgehead atoms. The molecular weight excluding hydrogens is 402 g/mol. The fourth-order valence-electron chi connectivity index (χ4n) is 3.65. The van der Waals surface area contributed by atoms with Crippen molar-refractivity contribution in [3.05, 3.63) is 59.4 Å². The number of hydrogen-bond acceptors (Lipinski definition) is 6. The van der Waals surface area contributed by atoms with E-state index in [4.69, 9.17) is 9.26 Å². The molecule has 2 aromatic carbocycles. The van der Waals surface area contributed by atoms with Crippen LogP contribution in [-0.2, 0) is 10.0 Å². The first-order valence-electron chi connectivity index (χ1n) is 9.94. The summed E-state index contributed by atoms with van der Waals surface area (Å²) in [6.07, 6.45) is 1.31. The number of hydrogen-bond donors (Lipinski definition) is 0. The van der Waals surface area contributed by atoms with Crippen LogP contribution in [0, 0.1) is 13.8 Å². The Morgan fingerprint density at radius 1 is 1.07 bits per heavy atom. The molecule has 1 saturated heterocycles. The Hall–Kier alpha value is -2.71. The van der Waals surface area contributed by atoms with Crippen LogP contribution in [0.4, 0.5) is 0 Å². The van der Waals surface area contributed by atoms with Crippen molar-refractivity contribution in [1.29, 1.82) is 0 Å². The molecule has 1 fully saturated rings. The number of sulfonamides is 1. The van der Waals surface area contributed by atoms with Crippen LogP contribution in [-0.4, -0.2) is 43.1 Å². The van der Waals surface area contributed by atoms with Gasteiger partial charge in [-0.2, -0.15) is 9.29 Å². The monoisotopic (exact) mass is 427 g/mol.